The summed E-state index contributed by atoms with van der Waals surface area (Å²) in [6.07, 6.45) is -1.19. The van der Waals surface area contributed by atoms with Crippen LogP contribution in [-0.4, -0.2) is 74.9 Å². The summed E-state index contributed by atoms with van der Waals surface area (Å²) in [6.45, 7) is 2.46. The van der Waals surface area contributed by atoms with Crippen molar-refractivity contribution in [2.45, 2.75) is 49.8 Å². The van der Waals surface area contributed by atoms with Gasteiger partial charge in [0.1, 0.15) is 11.5 Å². The van der Waals surface area contributed by atoms with E-state index in [1.807, 2.05) is 24.3 Å². The Bertz CT molecular complexity index is 1660. The molecule has 2 aliphatic heterocycles. The van der Waals surface area contributed by atoms with Crippen molar-refractivity contribution in [2.75, 3.05) is 32.8 Å². The van der Waals surface area contributed by atoms with Crippen molar-refractivity contribution < 1.29 is 23.4 Å². The number of hydrogen-bond acceptors (Lipinski definition) is 6. The molecular formula is C32H34ClF2N5O4. The first-order valence-electron chi connectivity index (χ1n) is 14.7. The van der Waals surface area contributed by atoms with Gasteiger partial charge in [-0.3, -0.25) is 18.7 Å². The number of amides is 1. The van der Waals surface area contributed by atoms with Gasteiger partial charge in [-0.05, 0) is 42.2 Å². The van der Waals surface area contributed by atoms with Crippen molar-refractivity contribution >= 4 is 28.5 Å². The van der Waals surface area contributed by atoms with Crippen molar-refractivity contribution in [3.8, 4) is 5.69 Å². The van der Waals surface area contributed by atoms with Gasteiger partial charge in [-0.15, -0.1) is 0 Å². The minimum Gasteiger partial charge on any atom is -0.388 e. The summed E-state index contributed by atoms with van der Waals surface area (Å²) >= 11 is 6.58. The normalized spacial score (nSPS) is 19.4. The molecule has 12 heteroatoms. The summed E-state index contributed by atoms with van der Waals surface area (Å²) in [5.74, 6) is -1.57. The van der Waals surface area contributed by atoms with Crippen LogP contribution < -0.4 is 10.9 Å². The predicted octanol–water partition coefficient (Wildman–Crippen LogP) is 4.29. The van der Waals surface area contributed by atoms with Crippen molar-refractivity contribution in [3.05, 3.63) is 93.6 Å². The van der Waals surface area contributed by atoms with Crippen molar-refractivity contribution in [1.82, 2.24) is 24.3 Å². The number of aromatic nitrogens is 3. The Hall–Kier alpha value is -3.64. The molecule has 0 saturated carbocycles. The molecule has 0 aliphatic carbocycles. The maximum absolute atomic E-state index is 13.8. The van der Waals surface area contributed by atoms with Crippen molar-refractivity contribution in [2.24, 2.45) is 0 Å². The Labute approximate surface area is 258 Å². The number of nitrogens with one attached hydrogen (secondary N) is 1. The fourth-order valence-corrected chi connectivity index (χ4v) is 6.38. The van der Waals surface area contributed by atoms with Gasteiger partial charge in [0.2, 0.25) is 12.3 Å². The largest absolute Gasteiger partial charge is 0.388 e. The van der Waals surface area contributed by atoms with E-state index in [4.69, 9.17) is 16.3 Å². The number of morpholine rings is 1. The van der Waals surface area contributed by atoms with Crippen LogP contribution in [0.15, 0.2) is 71.8 Å². The summed E-state index contributed by atoms with van der Waals surface area (Å²) in [6, 6.07) is 17.8. The molecule has 1 amide bonds. The second-order valence-corrected chi connectivity index (χ2v) is 11.9. The summed E-state index contributed by atoms with van der Waals surface area (Å²) < 4.78 is 36.2. The molecule has 44 heavy (non-hydrogen) atoms. The van der Waals surface area contributed by atoms with Crippen LogP contribution in [0.1, 0.15) is 42.3 Å². The maximum Gasteiger partial charge on any atom is 0.262 e. The minimum absolute atomic E-state index is 0.0194. The van der Waals surface area contributed by atoms with E-state index in [1.54, 1.807) is 41.0 Å². The number of benzene rings is 2. The molecule has 2 aliphatic rings. The first kappa shape index (κ1) is 30.4. The highest BCUT2D eigenvalue weighted by Gasteiger charge is 2.36. The average Bonchev–Trinajstić information content (AvgIpc) is 3.38. The third kappa shape index (κ3) is 6.28. The topological polar surface area (TPSA) is 102 Å². The number of carbonyl (C=O) groups is 1. The molecule has 9 nitrogen and oxygen atoms in total. The van der Waals surface area contributed by atoms with Crippen LogP contribution in [0.3, 0.4) is 0 Å². The number of carbonyl (C=O) groups excluding carboxylic acids is 1. The third-order valence-corrected chi connectivity index (χ3v) is 8.93. The zero-order valence-electron chi connectivity index (χ0n) is 24.0. The number of nitrogens with zero attached hydrogens (tertiary/aromatic N) is 4. The quantitative estimate of drug-likeness (QED) is 0.303. The highest BCUT2D eigenvalue weighted by Crippen LogP contribution is 2.31. The molecule has 4 heterocycles. The van der Waals surface area contributed by atoms with E-state index in [2.05, 4.69) is 10.3 Å². The Morgan fingerprint density at radius 2 is 1.86 bits per heavy atom. The van der Waals surface area contributed by atoms with Gasteiger partial charge in [0.25, 0.3) is 5.56 Å². The van der Waals surface area contributed by atoms with Gasteiger partial charge in [-0.1, -0.05) is 54.1 Å². The second-order valence-electron chi connectivity index (χ2n) is 11.6. The monoisotopic (exact) mass is 625 g/mol. The molecule has 2 N–H and O–H groups in total. The lowest BCUT2D eigenvalue weighted by atomic mass is 9.90. The molecule has 2 aromatic heterocycles. The molecule has 4 aromatic rings. The number of piperidine rings is 1. The first-order valence-corrected chi connectivity index (χ1v) is 15.1. The van der Waals surface area contributed by atoms with E-state index >= 15 is 0 Å². The predicted molar refractivity (Wildman–Crippen MR) is 162 cm³/mol. The molecule has 232 valence electrons. The lowest BCUT2D eigenvalue weighted by Crippen LogP contribution is -2.50. The molecule has 1 unspecified atom stereocenters. The number of hydrogen-bond donors (Lipinski definition) is 2. The molecule has 6 rings (SSSR count). The number of rotatable bonds is 8. The Balaban J connectivity index is 1.13. The van der Waals surface area contributed by atoms with E-state index in [0.29, 0.717) is 35.0 Å². The smallest absolute Gasteiger partial charge is 0.262 e. The molecule has 0 radical (unpaired) electrons. The Morgan fingerprint density at radius 3 is 2.52 bits per heavy atom. The molecule has 2 saturated heterocycles. The van der Waals surface area contributed by atoms with E-state index in [9.17, 15) is 23.5 Å². The van der Waals surface area contributed by atoms with Gasteiger partial charge >= 0.3 is 0 Å². The van der Waals surface area contributed by atoms with E-state index in [1.165, 1.54) is 15.8 Å². The van der Waals surface area contributed by atoms with Gasteiger partial charge in [-0.25, -0.2) is 13.8 Å². The van der Waals surface area contributed by atoms with E-state index in [-0.39, 0.29) is 56.4 Å². The molecule has 0 bridgehead atoms. The lowest BCUT2D eigenvalue weighted by molar-refractivity contribution is -0.137. The summed E-state index contributed by atoms with van der Waals surface area (Å²) in [5.41, 5.74) is 1.06. The van der Waals surface area contributed by atoms with Crippen LogP contribution in [0.2, 0.25) is 5.15 Å². The van der Waals surface area contributed by atoms with Crippen LogP contribution in [-0.2, 0) is 16.1 Å². The Morgan fingerprint density at radius 1 is 1.14 bits per heavy atom. The number of alkyl halides is 2. The van der Waals surface area contributed by atoms with Gasteiger partial charge in [0.15, 0.2) is 5.65 Å². The summed E-state index contributed by atoms with van der Waals surface area (Å²) in [7, 11) is 0. The van der Waals surface area contributed by atoms with Crippen LogP contribution in [0, 0.1) is 0 Å². The van der Waals surface area contributed by atoms with Crippen LogP contribution in [0.4, 0.5) is 8.78 Å². The lowest BCUT2D eigenvalue weighted by Gasteiger charge is -2.38. The highest BCUT2D eigenvalue weighted by molar-refractivity contribution is 6.31. The SMILES string of the molecule is O=C(CC(c1ccccc1)C(F)F)N1CCC(O)(Cn2cnc3c(cc(Cl)n3-c3ccc([C@@H]4COCCN4)cc3)c2=O)CC1. The second kappa shape index (κ2) is 12.8. The highest BCUT2D eigenvalue weighted by atomic mass is 35.5. The van der Waals surface area contributed by atoms with Gasteiger partial charge in [0, 0.05) is 31.7 Å². The summed E-state index contributed by atoms with van der Waals surface area (Å²) in [5, 5.41) is 15.4. The van der Waals surface area contributed by atoms with Crippen molar-refractivity contribution in [1.29, 1.82) is 0 Å². The average molecular weight is 626 g/mol. The first-order chi connectivity index (χ1) is 21.2. The standard InChI is InChI=1S/C32H34ClF2N5O4/c33-27-16-25-30(40(27)23-8-6-22(7-9-23)26-18-44-15-12-36-26)37-20-39(31(25)42)19-32(43)10-13-38(14-11-32)28(41)17-24(29(34)35)21-4-2-1-3-5-21/h1-9,16,20,24,26,29,36,43H,10-15,17-19H2/t24?,26-/m0/s1. The van der Waals surface area contributed by atoms with Crippen LogP contribution >= 0.6 is 11.6 Å². The van der Waals surface area contributed by atoms with Gasteiger partial charge < -0.3 is 20.1 Å². The molecule has 2 fully saturated rings. The van der Waals surface area contributed by atoms with Crippen LogP contribution in [0.25, 0.3) is 16.7 Å². The number of ether oxygens (including phenoxy) is 1. The van der Waals surface area contributed by atoms with Crippen molar-refractivity contribution in [3.63, 3.8) is 0 Å². The molecule has 2 aromatic carbocycles. The number of fused-ring (bicyclic) bond motifs is 1. The summed E-state index contributed by atoms with van der Waals surface area (Å²) in [4.78, 5) is 32.5. The molecule has 2 atom stereocenters. The zero-order chi connectivity index (χ0) is 30.8. The zero-order valence-corrected chi connectivity index (χ0v) is 24.8. The fraction of sp³-hybridized carbons (Fsp3) is 0.406. The van der Waals surface area contributed by atoms with E-state index in [0.717, 1.165) is 17.8 Å². The maximum atomic E-state index is 13.8. The molecule has 0 spiro atoms. The van der Waals surface area contributed by atoms with Gasteiger partial charge in [0.05, 0.1) is 42.7 Å². The third-order valence-electron chi connectivity index (χ3n) is 8.65. The van der Waals surface area contributed by atoms with Crippen LogP contribution in [0.5, 0.6) is 0 Å². The number of likely N-dealkylation sites (tertiary alicyclic amines) is 1. The van der Waals surface area contributed by atoms with Gasteiger partial charge in [-0.2, -0.15) is 0 Å². The number of halogens is 3. The van der Waals surface area contributed by atoms with E-state index < -0.39 is 17.9 Å². The minimum atomic E-state index is -2.67. The Kier molecular flexibility index (Phi) is 8.82. The number of aliphatic hydroxyl groups is 1. The fourth-order valence-electron chi connectivity index (χ4n) is 6.10. The molecular weight excluding hydrogens is 592 g/mol.